The average Bonchev–Trinajstić information content (AvgIpc) is 2.41. The molecule has 1 rings (SSSR count). The fourth-order valence-electron chi connectivity index (χ4n) is 1.98. The molecule has 1 saturated heterocycles. The van der Waals surface area contributed by atoms with Gasteiger partial charge in [-0.2, -0.15) is 0 Å². The van der Waals surface area contributed by atoms with E-state index in [0.29, 0.717) is 0 Å². The normalized spacial score (nSPS) is 30.9. The Morgan fingerprint density at radius 1 is 1.21 bits per heavy atom. The Bertz CT molecular complexity index is 171. The highest BCUT2D eigenvalue weighted by molar-refractivity contribution is 4.80. The zero-order valence-electron chi connectivity index (χ0n) is 9.80. The van der Waals surface area contributed by atoms with Crippen LogP contribution in [0.3, 0.4) is 0 Å². The zero-order valence-corrected chi connectivity index (χ0v) is 9.80. The molecule has 0 saturated carbocycles. The van der Waals surface area contributed by atoms with Gasteiger partial charge in [-0.3, -0.25) is 0 Å². The van der Waals surface area contributed by atoms with Crippen LogP contribution in [-0.2, 0) is 9.47 Å². The molecule has 0 aliphatic carbocycles. The van der Waals surface area contributed by atoms with Gasteiger partial charge < -0.3 is 14.8 Å². The Labute approximate surface area is 87.2 Å². The number of ether oxygens (including phenoxy) is 2. The maximum atomic E-state index is 5.85. The van der Waals surface area contributed by atoms with E-state index in [2.05, 4.69) is 12.2 Å². The van der Waals surface area contributed by atoms with Crippen LogP contribution in [-0.4, -0.2) is 31.6 Å². The van der Waals surface area contributed by atoms with E-state index in [9.17, 15) is 0 Å². The lowest BCUT2D eigenvalue weighted by Gasteiger charge is -2.16. The molecule has 1 heterocycles. The van der Waals surface area contributed by atoms with E-state index in [1.165, 1.54) is 0 Å². The standard InChI is InChI=1S/C11H23NO2/c1-5-9-10(7-6-8-12-4)14-11(2,3)13-9/h9-10,12H,5-8H2,1-4H3. The minimum absolute atomic E-state index is 0.279. The molecule has 14 heavy (non-hydrogen) atoms. The molecule has 2 unspecified atom stereocenters. The Kier molecular flexibility index (Phi) is 4.35. The van der Waals surface area contributed by atoms with Gasteiger partial charge in [0.2, 0.25) is 0 Å². The first-order valence-electron chi connectivity index (χ1n) is 5.59. The van der Waals surface area contributed by atoms with Crippen LogP contribution in [0.2, 0.25) is 0 Å². The van der Waals surface area contributed by atoms with Crippen molar-refractivity contribution in [2.24, 2.45) is 0 Å². The summed E-state index contributed by atoms with van der Waals surface area (Å²) in [5, 5.41) is 3.15. The minimum Gasteiger partial charge on any atom is -0.345 e. The summed E-state index contributed by atoms with van der Waals surface area (Å²) in [4.78, 5) is 0. The number of nitrogens with one attached hydrogen (secondary N) is 1. The molecule has 1 aliphatic rings. The van der Waals surface area contributed by atoms with Crippen molar-refractivity contribution in [2.75, 3.05) is 13.6 Å². The summed E-state index contributed by atoms with van der Waals surface area (Å²) in [6, 6.07) is 0. The van der Waals surface area contributed by atoms with Crippen LogP contribution in [0.4, 0.5) is 0 Å². The summed E-state index contributed by atoms with van der Waals surface area (Å²) in [7, 11) is 1.98. The molecule has 84 valence electrons. The molecular formula is C11H23NO2. The van der Waals surface area contributed by atoms with Crippen LogP contribution in [0.25, 0.3) is 0 Å². The van der Waals surface area contributed by atoms with Crippen LogP contribution < -0.4 is 5.32 Å². The first-order valence-corrected chi connectivity index (χ1v) is 5.59. The van der Waals surface area contributed by atoms with Crippen molar-refractivity contribution in [2.45, 2.75) is 58.0 Å². The molecule has 3 nitrogen and oxygen atoms in total. The van der Waals surface area contributed by atoms with E-state index in [1.807, 2.05) is 20.9 Å². The van der Waals surface area contributed by atoms with Gasteiger partial charge >= 0.3 is 0 Å². The second-order valence-corrected chi connectivity index (χ2v) is 4.37. The lowest BCUT2D eigenvalue weighted by atomic mass is 10.1. The molecule has 0 amide bonds. The van der Waals surface area contributed by atoms with Gasteiger partial charge in [0.1, 0.15) is 0 Å². The van der Waals surface area contributed by atoms with Gasteiger partial charge in [-0.15, -0.1) is 0 Å². The minimum atomic E-state index is -0.384. The van der Waals surface area contributed by atoms with Gasteiger partial charge in [-0.1, -0.05) is 6.92 Å². The van der Waals surface area contributed by atoms with Crippen molar-refractivity contribution in [3.8, 4) is 0 Å². The van der Waals surface area contributed by atoms with Crippen LogP contribution in [0.1, 0.15) is 40.0 Å². The Balaban J connectivity index is 2.35. The third kappa shape index (κ3) is 3.23. The summed E-state index contributed by atoms with van der Waals surface area (Å²) in [5.41, 5.74) is 0. The van der Waals surface area contributed by atoms with Crippen molar-refractivity contribution >= 4 is 0 Å². The van der Waals surface area contributed by atoms with Crippen molar-refractivity contribution in [1.29, 1.82) is 0 Å². The van der Waals surface area contributed by atoms with Gasteiger partial charge in [-0.05, 0) is 46.7 Å². The SMILES string of the molecule is CCC1OC(C)(C)OC1CCCNC. The molecule has 0 spiro atoms. The third-order valence-electron chi connectivity index (χ3n) is 2.60. The van der Waals surface area contributed by atoms with E-state index < -0.39 is 0 Å². The summed E-state index contributed by atoms with van der Waals surface area (Å²) in [6.07, 6.45) is 3.83. The highest BCUT2D eigenvalue weighted by Gasteiger charge is 2.39. The predicted octanol–water partition coefficient (Wildman–Crippen LogP) is 1.92. The molecule has 3 heteroatoms. The summed E-state index contributed by atoms with van der Waals surface area (Å²) in [5.74, 6) is -0.384. The molecule has 1 N–H and O–H groups in total. The maximum Gasteiger partial charge on any atom is 0.163 e. The average molecular weight is 201 g/mol. The Morgan fingerprint density at radius 3 is 2.43 bits per heavy atom. The summed E-state index contributed by atoms with van der Waals surface area (Å²) < 4.78 is 11.6. The van der Waals surface area contributed by atoms with Crippen LogP contribution >= 0.6 is 0 Å². The van der Waals surface area contributed by atoms with Crippen LogP contribution in [0.15, 0.2) is 0 Å². The molecule has 0 radical (unpaired) electrons. The number of rotatable bonds is 5. The second kappa shape index (κ2) is 5.10. The van der Waals surface area contributed by atoms with E-state index in [4.69, 9.17) is 9.47 Å². The van der Waals surface area contributed by atoms with Crippen molar-refractivity contribution in [3.63, 3.8) is 0 Å². The molecule has 0 aromatic rings. The number of hydrogen-bond donors (Lipinski definition) is 1. The van der Waals surface area contributed by atoms with Crippen molar-refractivity contribution in [1.82, 2.24) is 5.32 Å². The predicted molar refractivity (Wildman–Crippen MR) is 57.3 cm³/mol. The smallest absolute Gasteiger partial charge is 0.163 e. The van der Waals surface area contributed by atoms with Gasteiger partial charge in [0, 0.05) is 0 Å². The second-order valence-electron chi connectivity index (χ2n) is 4.37. The Morgan fingerprint density at radius 2 is 1.86 bits per heavy atom. The Hall–Kier alpha value is -0.120. The zero-order chi connectivity index (χ0) is 10.6. The van der Waals surface area contributed by atoms with Crippen LogP contribution in [0, 0.1) is 0 Å². The van der Waals surface area contributed by atoms with Gasteiger partial charge in [0.25, 0.3) is 0 Å². The maximum absolute atomic E-state index is 5.85. The quantitative estimate of drug-likeness (QED) is 0.689. The molecule has 0 aromatic carbocycles. The van der Waals surface area contributed by atoms with E-state index in [-0.39, 0.29) is 18.0 Å². The third-order valence-corrected chi connectivity index (χ3v) is 2.60. The first-order chi connectivity index (χ1) is 6.59. The van der Waals surface area contributed by atoms with Gasteiger partial charge in [0.15, 0.2) is 5.79 Å². The summed E-state index contributed by atoms with van der Waals surface area (Å²) >= 11 is 0. The topological polar surface area (TPSA) is 30.5 Å². The highest BCUT2D eigenvalue weighted by atomic mass is 16.7. The van der Waals surface area contributed by atoms with E-state index >= 15 is 0 Å². The van der Waals surface area contributed by atoms with Crippen molar-refractivity contribution < 1.29 is 9.47 Å². The fraction of sp³-hybridized carbons (Fsp3) is 1.00. The molecule has 1 aliphatic heterocycles. The first kappa shape index (κ1) is 12.0. The van der Waals surface area contributed by atoms with E-state index in [0.717, 1.165) is 25.8 Å². The molecule has 2 atom stereocenters. The molecule has 0 bridgehead atoms. The van der Waals surface area contributed by atoms with Gasteiger partial charge in [0.05, 0.1) is 12.2 Å². The lowest BCUT2D eigenvalue weighted by Crippen LogP contribution is -2.23. The van der Waals surface area contributed by atoms with E-state index in [1.54, 1.807) is 0 Å². The van der Waals surface area contributed by atoms with Crippen molar-refractivity contribution in [3.05, 3.63) is 0 Å². The molecular weight excluding hydrogens is 178 g/mol. The monoisotopic (exact) mass is 201 g/mol. The summed E-state index contributed by atoms with van der Waals surface area (Å²) in [6.45, 7) is 7.19. The van der Waals surface area contributed by atoms with Crippen LogP contribution in [0.5, 0.6) is 0 Å². The largest absolute Gasteiger partial charge is 0.345 e. The lowest BCUT2D eigenvalue weighted by molar-refractivity contribution is -0.146. The number of hydrogen-bond acceptors (Lipinski definition) is 3. The highest BCUT2D eigenvalue weighted by Crippen LogP contribution is 2.31. The fourth-order valence-corrected chi connectivity index (χ4v) is 1.98. The molecule has 1 fully saturated rings. The molecule has 0 aromatic heterocycles. The van der Waals surface area contributed by atoms with Gasteiger partial charge in [-0.25, -0.2) is 0 Å².